The zero-order valence-electron chi connectivity index (χ0n) is 10.6. The highest BCUT2D eigenvalue weighted by atomic mass is 16.5. The summed E-state index contributed by atoms with van der Waals surface area (Å²) in [6, 6.07) is 16.6. The molecule has 0 aliphatic heterocycles. The third kappa shape index (κ3) is 3.17. The quantitative estimate of drug-likeness (QED) is 0.873. The zero-order valence-corrected chi connectivity index (χ0v) is 10.6. The number of rotatable bonds is 5. The van der Waals surface area contributed by atoms with E-state index < -0.39 is 0 Å². The second-order valence-corrected chi connectivity index (χ2v) is 3.86. The maximum atomic E-state index is 5.24. The van der Waals surface area contributed by atoms with Gasteiger partial charge in [-0.3, -0.25) is 0 Å². The fraction of sp³-hybridized carbons (Fsp3) is 0.200. The van der Waals surface area contributed by atoms with Crippen molar-refractivity contribution in [2.24, 2.45) is 0 Å². The van der Waals surface area contributed by atoms with Crippen LogP contribution in [0.15, 0.2) is 42.5 Å². The highest BCUT2D eigenvalue weighted by Crippen LogP contribution is 2.23. The molecule has 0 aliphatic carbocycles. The van der Waals surface area contributed by atoms with E-state index in [1.54, 1.807) is 14.2 Å². The van der Waals surface area contributed by atoms with E-state index in [1.807, 2.05) is 42.5 Å². The Morgan fingerprint density at radius 2 is 1.61 bits per heavy atom. The van der Waals surface area contributed by atoms with Crippen LogP contribution >= 0.6 is 0 Å². The molecule has 1 N–H and O–H groups in total. The molecule has 1 radical (unpaired) electrons. The maximum Gasteiger partial charge on any atom is 0.122 e. The van der Waals surface area contributed by atoms with E-state index >= 15 is 0 Å². The molecular weight excluding hydrogens is 226 g/mol. The van der Waals surface area contributed by atoms with Crippen LogP contribution < -0.4 is 14.8 Å². The van der Waals surface area contributed by atoms with Gasteiger partial charge in [0, 0.05) is 18.3 Å². The van der Waals surface area contributed by atoms with Crippen molar-refractivity contribution in [1.82, 2.24) is 0 Å². The van der Waals surface area contributed by atoms with E-state index in [0.29, 0.717) is 0 Å². The standard InChI is InChI=1S/C15H16NO2/c1-17-14-8-12(9-15(10-14)18-2)11-16-13-6-4-3-5-7-13/h4-10,16H,11H2,1-2H3. The lowest BCUT2D eigenvalue weighted by Crippen LogP contribution is -2.00. The molecule has 0 unspecified atom stereocenters. The van der Waals surface area contributed by atoms with Crippen LogP contribution in [-0.4, -0.2) is 14.2 Å². The molecule has 0 spiro atoms. The van der Waals surface area contributed by atoms with Gasteiger partial charge in [0.2, 0.25) is 0 Å². The average Bonchev–Trinajstić information content (AvgIpc) is 2.45. The fourth-order valence-corrected chi connectivity index (χ4v) is 1.68. The number of hydrogen-bond acceptors (Lipinski definition) is 3. The summed E-state index contributed by atoms with van der Waals surface area (Å²) in [6.07, 6.45) is 0. The number of hydrogen-bond donors (Lipinski definition) is 1. The van der Waals surface area contributed by atoms with Crippen LogP contribution in [0.2, 0.25) is 0 Å². The van der Waals surface area contributed by atoms with Gasteiger partial charge in [0.15, 0.2) is 0 Å². The molecule has 0 saturated carbocycles. The molecule has 3 nitrogen and oxygen atoms in total. The van der Waals surface area contributed by atoms with Crippen molar-refractivity contribution in [2.75, 3.05) is 19.5 Å². The van der Waals surface area contributed by atoms with Crippen molar-refractivity contribution in [2.45, 2.75) is 6.54 Å². The Morgan fingerprint density at radius 1 is 1.00 bits per heavy atom. The van der Waals surface area contributed by atoms with Crippen LogP contribution in [0.1, 0.15) is 5.56 Å². The Hall–Kier alpha value is -2.16. The summed E-state index contributed by atoms with van der Waals surface area (Å²) in [5.74, 6) is 1.60. The van der Waals surface area contributed by atoms with E-state index in [1.165, 1.54) is 0 Å². The van der Waals surface area contributed by atoms with Crippen molar-refractivity contribution in [3.63, 3.8) is 0 Å². The van der Waals surface area contributed by atoms with E-state index in [4.69, 9.17) is 9.47 Å². The van der Waals surface area contributed by atoms with Gasteiger partial charge in [-0.2, -0.15) is 0 Å². The predicted molar refractivity (Wildman–Crippen MR) is 72.2 cm³/mol. The highest BCUT2D eigenvalue weighted by molar-refractivity contribution is 5.45. The first kappa shape index (κ1) is 12.3. The van der Waals surface area contributed by atoms with Crippen molar-refractivity contribution >= 4 is 5.69 Å². The number of benzene rings is 2. The second-order valence-electron chi connectivity index (χ2n) is 3.86. The minimum absolute atomic E-state index is 0.720. The van der Waals surface area contributed by atoms with Gasteiger partial charge in [-0.05, 0) is 35.9 Å². The van der Waals surface area contributed by atoms with E-state index in [2.05, 4.69) is 11.4 Å². The average molecular weight is 242 g/mol. The van der Waals surface area contributed by atoms with Crippen LogP contribution in [0.4, 0.5) is 5.69 Å². The molecule has 0 bridgehead atoms. The normalized spacial score (nSPS) is 9.89. The minimum atomic E-state index is 0.720. The van der Waals surface area contributed by atoms with Gasteiger partial charge < -0.3 is 14.8 Å². The highest BCUT2D eigenvalue weighted by Gasteiger charge is 2.01. The Morgan fingerprint density at radius 3 is 2.17 bits per heavy atom. The van der Waals surface area contributed by atoms with Crippen molar-refractivity contribution in [3.05, 3.63) is 54.1 Å². The molecular formula is C15H16NO2. The zero-order chi connectivity index (χ0) is 12.8. The third-order valence-electron chi connectivity index (χ3n) is 2.63. The SMILES string of the molecule is COc1cc(CNc2cc[c]cc2)cc(OC)c1. The molecule has 93 valence electrons. The molecule has 0 aromatic heterocycles. The second kappa shape index (κ2) is 5.96. The lowest BCUT2D eigenvalue weighted by Gasteiger charge is -2.10. The summed E-state index contributed by atoms with van der Waals surface area (Å²) in [6.45, 7) is 0.720. The summed E-state index contributed by atoms with van der Waals surface area (Å²) < 4.78 is 10.5. The largest absolute Gasteiger partial charge is 0.497 e. The van der Waals surface area contributed by atoms with Gasteiger partial charge in [-0.25, -0.2) is 0 Å². The summed E-state index contributed by atoms with van der Waals surface area (Å²) in [5, 5.41) is 3.33. The fourth-order valence-electron chi connectivity index (χ4n) is 1.68. The lowest BCUT2D eigenvalue weighted by molar-refractivity contribution is 0.393. The van der Waals surface area contributed by atoms with Gasteiger partial charge >= 0.3 is 0 Å². The first-order valence-corrected chi connectivity index (χ1v) is 5.74. The smallest absolute Gasteiger partial charge is 0.122 e. The molecule has 2 aromatic carbocycles. The lowest BCUT2D eigenvalue weighted by atomic mass is 10.2. The van der Waals surface area contributed by atoms with E-state index in [0.717, 1.165) is 29.3 Å². The Labute approximate surface area is 107 Å². The van der Waals surface area contributed by atoms with Crippen molar-refractivity contribution in [1.29, 1.82) is 0 Å². The third-order valence-corrected chi connectivity index (χ3v) is 2.63. The monoisotopic (exact) mass is 242 g/mol. The number of anilines is 1. The van der Waals surface area contributed by atoms with Crippen LogP contribution in [0.5, 0.6) is 11.5 Å². The topological polar surface area (TPSA) is 30.5 Å². The molecule has 0 saturated heterocycles. The summed E-state index contributed by atoms with van der Waals surface area (Å²) in [7, 11) is 3.30. The molecule has 3 heteroatoms. The van der Waals surface area contributed by atoms with Gasteiger partial charge in [0.05, 0.1) is 14.2 Å². The summed E-state index contributed by atoms with van der Waals surface area (Å²) in [4.78, 5) is 0. The molecule has 0 amide bonds. The van der Waals surface area contributed by atoms with Gasteiger partial charge in [0.1, 0.15) is 11.5 Å². The number of nitrogens with one attached hydrogen (secondary N) is 1. The van der Waals surface area contributed by atoms with Crippen LogP contribution in [0.3, 0.4) is 0 Å². The van der Waals surface area contributed by atoms with Gasteiger partial charge in [-0.15, -0.1) is 0 Å². The van der Waals surface area contributed by atoms with E-state index in [-0.39, 0.29) is 0 Å². The minimum Gasteiger partial charge on any atom is -0.497 e. The van der Waals surface area contributed by atoms with Gasteiger partial charge in [0.25, 0.3) is 0 Å². The number of ether oxygens (including phenoxy) is 2. The molecule has 0 heterocycles. The Bertz CT molecular complexity index is 475. The first-order valence-electron chi connectivity index (χ1n) is 5.74. The number of methoxy groups -OCH3 is 2. The summed E-state index contributed by atoms with van der Waals surface area (Å²) >= 11 is 0. The summed E-state index contributed by atoms with van der Waals surface area (Å²) in [5.41, 5.74) is 2.18. The molecule has 0 aliphatic rings. The molecule has 18 heavy (non-hydrogen) atoms. The van der Waals surface area contributed by atoms with Crippen LogP contribution in [-0.2, 0) is 6.54 Å². The van der Waals surface area contributed by atoms with Gasteiger partial charge in [-0.1, -0.05) is 12.1 Å². The Balaban J connectivity index is 2.09. The first-order chi connectivity index (χ1) is 8.81. The van der Waals surface area contributed by atoms with E-state index in [9.17, 15) is 0 Å². The molecule has 2 aromatic rings. The molecule has 2 rings (SSSR count). The molecule has 0 atom stereocenters. The van der Waals surface area contributed by atoms with Crippen molar-refractivity contribution < 1.29 is 9.47 Å². The van der Waals surface area contributed by atoms with Crippen LogP contribution in [0, 0.1) is 6.07 Å². The molecule has 0 fully saturated rings. The van der Waals surface area contributed by atoms with Crippen LogP contribution in [0.25, 0.3) is 0 Å². The van der Waals surface area contributed by atoms with Crippen molar-refractivity contribution in [3.8, 4) is 11.5 Å². The Kier molecular flexibility index (Phi) is 4.07. The predicted octanol–water partition coefficient (Wildman–Crippen LogP) is 3.12. The maximum absolute atomic E-state index is 5.24.